The van der Waals surface area contributed by atoms with Gasteiger partial charge in [0.15, 0.2) is 0 Å². The fourth-order valence-corrected chi connectivity index (χ4v) is 2.08. The molecule has 0 unspecified atom stereocenters. The van der Waals surface area contributed by atoms with Crippen LogP contribution < -0.4 is 0 Å². The van der Waals surface area contributed by atoms with E-state index in [9.17, 15) is 0 Å². The Labute approximate surface area is 95.9 Å². The topological polar surface area (TPSA) is 15.6 Å². The monoisotopic (exact) mass is 296 g/mol. The van der Waals surface area contributed by atoms with Crippen LogP contribution in [-0.4, -0.2) is 33.8 Å². The summed E-state index contributed by atoms with van der Waals surface area (Å²) in [5.74, 6) is 1.22. The van der Waals surface area contributed by atoms with Gasteiger partial charge in [-0.05, 0) is 34.6 Å². The van der Waals surface area contributed by atoms with E-state index in [-0.39, 0.29) is 5.54 Å². The van der Waals surface area contributed by atoms with Crippen molar-refractivity contribution in [2.75, 3.05) is 17.5 Å². The van der Waals surface area contributed by atoms with Crippen LogP contribution in [0.4, 0.5) is 0 Å². The van der Waals surface area contributed by atoms with Crippen LogP contribution in [0.1, 0.15) is 34.6 Å². The maximum Gasteiger partial charge on any atom is 0.109 e. The Hall–Kier alpha value is 0.200. The summed E-state index contributed by atoms with van der Waals surface area (Å²) in [6, 6.07) is 0. The molecular weight excluding hydrogens is 275 g/mol. The first-order chi connectivity index (χ1) is 5.97. The third-order valence-electron chi connectivity index (χ3n) is 1.90. The first kappa shape index (κ1) is 13.2. The van der Waals surface area contributed by atoms with E-state index in [4.69, 9.17) is 0 Å². The molecule has 0 spiro atoms. The summed E-state index contributed by atoms with van der Waals surface area (Å²) in [4.78, 5) is 6.88. The van der Waals surface area contributed by atoms with E-state index < -0.39 is 0 Å². The molecule has 0 fully saturated rings. The van der Waals surface area contributed by atoms with Gasteiger partial charge in [-0.2, -0.15) is 0 Å². The molecule has 0 atom stereocenters. The molecule has 78 valence electrons. The Morgan fingerprint density at radius 3 is 2.08 bits per heavy atom. The molecule has 13 heavy (non-hydrogen) atoms. The van der Waals surface area contributed by atoms with E-state index in [1.54, 1.807) is 0 Å². The van der Waals surface area contributed by atoms with E-state index in [2.05, 4.69) is 67.1 Å². The van der Waals surface area contributed by atoms with Crippen molar-refractivity contribution in [2.24, 2.45) is 4.99 Å². The first-order valence-corrected chi connectivity index (χ1v) is 6.36. The van der Waals surface area contributed by atoms with Gasteiger partial charge < -0.3 is 4.90 Å². The molecular formula is C10H21IN2. The SMILES string of the molecule is CC/N=C(\CI)N(CC)C(C)(C)C. The van der Waals surface area contributed by atoms with Crippen LogP contribution in [0.25, 0.3) is 0 Å². The second kappa shape index (κ2) is 5.83. The summed E-state index contributed by atoms with van der Waals surface area (Å²) in [6.07, 6.45) is 0. The van der Waals surface area contributed by atoms with Crippen molar-refractivity contribution in [1.82, 2.24) is 4.90 Å². The van der Waals surface area contributed by atoms with E-state index >= 15 is 0 Å². The van der Waals surface area contributed by atoms with Gasteiger partial charge in [0.25, 0.3) is 0 Å². The lowest BCUT2D eigenvalue weighted by Gasteiger charge is -2.37. The normalized spacial score (nSPS) is 13.2. The molecule has 3 heteroatoms. The second-order valence-corrected chi connectivity index (χ2v) is 4.70. The van der Waals surface area contributed by atoms with Gasteiger partial charge in [-0.15, -0.1) is 0 Å². The van der Waals surface area contributed by atoms with Crippen molar-refractivity contribution in [2.45, 2.75) is 40.2 Å². The Kier molecular flexibility index (Phi) is 5.92. The van der Waals surface area contributed by atoms with Gasteiger partial charge >= 0.3 is 0 Å². The standard InChI is InChI=1S/C10H21IN2/c1-6-12-9(8-11)13(7-2)10(3,4)5/h6-8H2,1-5H3/b12-9+. The highest BCUT2D eigenvalue weighted by molar-refractivity contribution is 14.1. The van der Waals surface area contributed by atoms with Crippen molar-refractivity contribution in [1.29, 1.82) is 0 Å². The number of rotatable bonds is 3. The molecule has 0 aromatic carbocycles. The lowest BCUT2D eigenvalue weighted by Crippen LogP contribution is -2.46. The van der Waals surface area contributed by atoms with Gasteiger partial charge in [0.2, 0.25) is 0 Å². The van der Waals surface area contributed by atoms with E-state index in [0.717, 1.165) is 17.5 Å². The molecule has 0 saturated heterocycles. The lowest BCUT2D eigenvalue weighted by atomic mass is 10.1. The molecule has 0 aromatic heterocycles. The van der Waals surface area contributed by atoms with Crippen molar-refractivity contribution in [3.05, 3.63) is 0 Å². The number of aliphatic imine (C=N–C) groups is 1. The van der Waals surface area contributed by atoms with Crippen molar-refractivity contribution < 1.29 is 0 Å². The number of hydrogen-bond acceptors (Lipinski definition) is 1. The third-order valence-corrected chi connectivity index (χ3v) is 2.58. The van der Waals surface area contributed by atoms with Crippen LogP contribution in [0.15, 0.2) is 4.99 Å². The van der Waals surface area contributed by atoms with Crippen LogP contribution in [0.5, 0.6) is 0 Å². The van der Waals surface area contributed by atoms with Crippen molar-refractivity contribution in [3.63, 3.8) is 0 Å². The van der Waals surface area contributed by atoms with Crippen LogP contribution in [0.3, 0.4) is 0 Å². The lowest BCUT2D eigenvalue weighted by molar-refractivity contribution is 0.246. The smallest absolute Gasteiger partial charge is 0.109 e. The summed E-state index contributed by atoms with van der Waals surface area (Å²) >= 11 is 2.38. The molecule has 0 rings (SSSR count). The number of hydrogen-bond donors (Lipinski definition) is 0. The predicted octanol–water partition coefficient (Wildman–Crippen LogP) is 2.96. The van der Waals surface area contributed by atoms with Gasteiger partial charge in [-0.3, -0.25) is 4.99 Å². The highest BCUT2D eigenvalue weighted by Gasteiger charge is 2.21. The molecule has 0 bridgehead atoms. The fourth-order valence-electron chi connectivity index (χ4n) is 1.43. The van der Waals surface area contributed by atoms with Crippen LogP contribution in [0.2, 0.25) is 0 Å². The minimum Gasteiger partial charge on any atom is -0.355 e. The van der Waals surface area contributed by atoms with E-state index in [0.29, 0.717) is 0 Å². The van der Waals surface area contributed by atoms with Crippen molar-refractivity contribution in [3.8, 4) is 0 Å². The Balaban J connectivity index is 4.64. The minimum atomic E-state index is 0.188. The molecule has 0 radical (unpaired) electrons. The number of amidine groups is 1. The third kappa shape index (κ3) is 4.29. The summed E-state index contributed by atoms with van der Waals surface area (Å²) in [7, 11) is 0. The number of alkyl halides is 1. The summed E-state index contributed by atoms with van der Waals surface area (Å²) in [6.45, 7) is 12.9. The molecule has 0 aliphatic heterocycles. The zero-order chi connectivity index (χ0) is 10.5. The highest BCUT2D eigenvalue weighted by atomic mass is 127. The zero-order valence-electron chi connectivity index (χ0n) is 9.39. The Morgan fingerprint density at radius 1 is 1.31 bits per heavy atom. The fraction of sp³-hybridized carbons (Fsp3) is 0.900. The first-order valence-electron chi connectivity index (χ1n) is 4.84. The van der Waals surface area contributed by atoms with E-state index in [1.807, 2.05) is 0 Å². The summed E-state index contributed by atoms with van der Waals surface area (Å²) in [5, 5.41) is 0. The highest BCUT2D eigenvalue weighted by Crippen LogP contribution is 2.14. The molecule has 2 nitrogen and oxygen atoms in total. The molecule has 0 aromatic rings. The van der Waals surface area contributed by atoms with Gasteiger partial charge in [0.1, 0.15) is 5.84 Å². The molecule has 0 aliphatic carbocycles. The number of halogens is 1. The Morgan fingerprint density at radius 2 is 1.85 bits per heavy atom. The van der Waals surface area contributed by atoms with Gasteiger partial charge in [0.05, 0.1) is 4.43 Å². The summed E-state index contributed by atoms with van der Waals surface area (Å²) < 4.78 is 0.997. The molecule has 0 aliphatic rings. The zero-order valence-corrected chi connectivity index (χ0v) is 11.6. The summed E-state index contributed by atoms with van der Waals surface area (Å²) in [5.41, 5.74) is 0.188. The van der Waals surface area contributed by atoms with Gasteiger partial charge in [-0.1, -0.05) is 22.6 Å². The van der Waals surface area contributed by atoms with Crippen molar-refractivity contribution >= 4 is 28.4 Å². The molecule has 0 N–H and O–H groups in total. The van der Waals surface area contributed by atoms with Crippen LogP contribution in [0, 0.1) is 0 Å². The largest absolute Gasteiger partial charge is 0.355 e. The minimum absolute atomic E-state index is 0.188. The average molecular weight is 296 g/mol. The average Bonchev–Trinajstić information content (AvgIpc) is 2.01. The quantitative estimate of drug-likeness (QED) is 0.338. The van der Waals surface area contributed by atoms with E-state index in [1.165, 1.54) is 5.84 Å². The predicted molar refractivity (Wildman–Crippen MR) is 69.0 cm³/mol. The molecule has 0 heterocycles. The second-order valence-electron chi connectivity index (χ2n) is 3.94. The van der Waals surface area contributed by atoms with Gasteiger partial charge in [0, 0.05) is 18.6 Å². The maximum atomic E-state index is 4.52. The van der Waals surface area contributed by atoms with Crippen LogP contribution >= 0.6 is 22.6 Å². The Bertz CT molecular complexity index is 170. The van der Waals surface area contributed by atoms with Gasteiger partial charge in [-0.25, -0.2) is 0 Å². The number of nitrogens with zero attached hydrogens (tertiary/aromatic N) is 2. The van der Waals surface area contributed by atoms with Crippen LogP contribution in [-0.2, 0) is 0 Å². The molecule has 0 amide bonds. The maximum absolute atomic E-state index is 4.52. The molecule has 0 saturated carbocycles.